The topological polar surface area (TPSA) is 60.0 Å². The van der Waals surface area contributed by atoms with E-state index < -0.39 is 0 Å². The molecule has 5 heteroatoms. The van der Waals surface area contributed by atoms with Crippen LogP contribution in [-0.2, 0) is 6.54 Å². The number of likely N-dealkylation sites (tertiary alicyclic amines) is 1. The Bertz CT molecular complexity index is 605. The lowest BCUT2D eigenvalue weighted by Crippen LogP contribution is -2.42. The van der Waals surface area contributed by atoms with Crippen LogP contribution in [0.3, 0.4) is 0 Å². The number of aryl methyl sites for hydroxylation is 1. The van der Waals surface area contributed by atoms with E-state index in [0.717, 1.165) is 37.6 Å². The van der Waals surface area contributed by atoms with E-state index in [0.29, 0.717) is 6.04 Å². The molecule has 1 atom stereocenters. The number of nitrogens with zero attached hydrogens (tertiary/aromatic N) is 4. The molecule has 3 heterocycles. The fraction of sp³-hybridized carbons (Fsp3) is 0.500. The molecule has 1 unspecified atom stereocenters. The maximum atomic E-state index is 6.08. The molecule has 2 aromatic rings. The molecule has 1 saturated heterocycles. The van der Waals surface area contributed by atoms with Gasteiger partial charge in [-0.05, 0) is 45.4 Å². The highest BCUT2D eigenvalue weighted by Crippen LogP contribution is 2.20. The summed E-state index contributed by atoms with van der Waals surface area (Å²) in [5.74, 6) is 0.875. The van der Waals surface area contributed by atoms with Crippen molar-refractivity contribution in [3.63, 3.8) is 0 Å². The zero-order valence-electron chi connectivity index (χ0n) is 12.8. The van der Waals surface area contributed by atoms with Crippen molar-refractivity contribution in [1.82, 2.24) is 19.7 Å². The minimum absolute atomic E-state index is 0.310. The number of aromatic nitrogens is 3. The summed E-state index contributed by atoms with van der Waals surface area (Å²) >= 11 is 0. The molecule has 1 aliphatic heterocycles. The van der Waals surface area contributed by atoms with Crippen LogP contribution in [0, 0.1) is 13.8 Å². The minimum atomic E-state index is 0.310. The molecule has 0 aliphatic carbocycles. The summed E-state index contributed by atoms with van der Waals surface area (Å²) in [5.41, 5.74) is 9.63. The molecule has 1 aliphatic rings. The second-order valence-corrected chi connectivity index (χ2v) is 5.89. The first kappa shape index (κ1) is 14.2. The summed E-state index contributed by atoms with van der Waals surface area (Å²) < 4.78 is 1.94. The highest BCUT2D eigenvalue weighted by Gasteiger charge is 2.20. The van der Waals surface area contributed by atoms with Gasteiger partial charge in [-0.25, -0.2) is 9.67 Å². The fourth-order valence-electron chi connectivity index (χ4n) is 3.06. The van der Waals surface area contributed by atoms with Crippen LogP contribution in [0.4, 0.5) is 0 Å². The van der Waals surface area contributed by atoms with Crippen LogP contribution in [0.5, 0.6) is 0 Å². The van der Waals surface area contributed by atoms with E-state index in [1.54, 1.807) is 6.20 Å². The van der Waals surface area contributed by atoms with Gasteiger partial charge in [0, 0.05) is 36.6 Å². The Balaban J connectivity index is 1.85. The quantitative estimate of drug-likeness (QED) is 0.934. The Morgan fingerprint density at radius 2 is 2.19 bits per heavy atom. The molecule has 5 nitrogen and oxygen atoms in total. The monoisotopic (exact) mass is 285 g/mol. The Morgan fingerprint density at radius 1 is 1.33 bits per heavy atom. The Kier molecular flexibility index (Phi) is 4.03. The number of pyridine rings is 1. The Hall–Kier alpha value is -1.72. The van der Waals surface area contributed by atoms with Gasteiger partial charge >= 0.3 is 0 Å². The smallest absolute Gasteiger partial charge is 0.153 e. The number of rotatable bonds is 3. The summed E-state index contributed by atoms with van der Waals surface area (Å²) in [6.45, 7) is 7.23. The normalized spacial score (nSPS) is 19.9. The fourth-order valence-corrected chi connectivity index (χ4v) is 3.06. The summed E-state index contributed by atoms with van der Waals surface area (Å²) in [7, 11) is 0. The zero-order valence-corrected chi connectivity index (χ0v) is 12.8. The van der Waals surface area contributed by atoms with Gasteiger partial charge in [0.05, 0.1) is 5.69 Å². The molecule has 0 bridgehead atoms. The van der Waals surface area contributed by atoms with Crippen LogP contribution in [0.15, 0.2) is 24.4 Å². The summed E-state index contributed by atoms with van der Waals surface area (Å²) in [6, 6.07) is 6.21. The first-order valence-corrected chi connectivity index (χ1v) is 7.59. The summed E-state index contributed by atoms with van der Waals surface area (Å²) in [6.07, 6.45) is 4.13. The van der Waals surface area contributed by atoms with Crippen molar-refractivity contribution >= 4 is 0 Å². The van der Waals surface area contributed by atoms with E-state index in [1.807, 2.05) is 22.9 Å². The molecule has 1 fully saturated rings. The van der Waals surface area contributed by atoms with E-state index in [-0.39, 0.29) is 0 Å². The van der Waals surface area contributed by atoms with Crippen molar-refractivity contribution in [3.8, 4) is 5.82 Å². The highest BCUT2D eigenvalue weighted by atomic mass is 15.3. The van der Waals surface area contributed by atoms with Gasteiger partial charge in [0.2, 0.25) is 0 Å². The number of nitrogens with two attached hydrogens (primary N) is 1. The third-order valence-electron chi connectivity index (χ3n) is 4.23. The number of piperidine rings is 1. The van der Waals surface area contributed by atoms with Crippen LogP contribution in [0.25, 0.3) is 5.82 Å². The maximum absolute atomic E-state index is 6.08. The van der Waals surface area contributed by atoms with Crippen LogP contribution in [-0.4, -0.2) is 38.8 Å². The lowest BCUT2D eigenvalue weighted by atomic mass is 10.1. The highest BCUT2D eigenvalue weighted by molar-refractivity contribution is 5.32. The summed E-state index contributed by atoms with van der Waals surface area (Å²) in [4.78, 5) is 6.83. The van der Waals surface area contributed by atoms with Gasteiger partial charge in [-0.1, -0.05) is 6.07 Å². The summed E-state index contributed by atoms with van der Waals surface area (Å²) in [5, 5.41) is 4.66. The van der Waals surface area contributed by atoms with Gasteiger partial charge in [-0.3, -0.25) is 4.90 Å². The van der Waals surface area contributed by atoms with Crippen molar-refractivity contribution in [2.45, 2.75) is 39.3 Å². The Labute approximate surface area is 125 Å². The molecular formula is C16H23N5. The number of hydrogen-bond donors (Lipinski definition) is 1. The Morgan fingerprint density at radius 3 is 2.90 bits per heavy atom. The van der Waals surface area contributed by atoms with Gasteiger partial charge < -0.3 is 5.73 Å². The molecule has 0 saturated carbocycles. The average Bonchev–Trinajstić information content (AvgIpc) is 2.76. The lowest BCUT2D eigenvalue weighted by molar-refractivity contribution is 0.201. The predicted molar refractivity (Wildman–Crippen MR) is 83.3 cm³/mol. The first-order chi connectivity index (χ1) is 10.1. The van der Waals surface area contributed by atoms with Gasteiger partial charge in [0.25, 0.3) is 0 Å². The lowest BCUT2D eigenvalue weighted by Gasteiger charge is -2.30. The maximum Gasteiger partial charge on any atom is 0.153 e. The molecule has 21 heavy (non-hydrogen) atoms. The molecule has 2 N–H and O–H groups in total. The van der Waals surface area contributed by atoms with Crippen molar-refractivity contribution in [1.29, 1.82) is 0 Å². The predicted octanol–water partition coefficient (Wildman–Crippen LogP) is 1.81. The largest absolute Gasteiger partial charge is 0.327 e. The first-order valence-electron chi connectivity index (χ1n) is 7.59. The molecule has 0 amide bonds. The third kappa shape index (κ3) is 2.99. The van der Waals surface area contributed by atoms with E-state index in [2.05, 4.69) is 28.8 Å². The molecule has 0 radical (unpaired) electrons. The molecular weight excluding hydrogens is 262 g/mol. The van der Waals surface area contributed by atoms with Gasteiger partial charge in [-0.2, -0.15) is 5.10 Å². The van der Waals surface area contributed by atoms with Gasteiger partial charge in [0.15, 0.2) is 5.82 Å². The minimum Gasteiger partial charge on any atom is -0.327 e. The SMILES string of the molecule is Cc1nn(-c2ccccn2)c(C)c1CN1CCCC(N)C1. The second-order valence-electron chi connectivity index (χ2n) is 5.89. The van der Waals surface area contributed by atoms with E-state index in [4.69, 9.17) is 5.73 Å². The van der Waals surface area contributed by atoms with Crippen molar-refractivity contribution in [2.24, 2.45) is 5.73 Å². The van der Waals surface area contributed by atoms with Gasteiger partial charge in [0.1, 0.15) is 0 Å². The molecule has 0 aromatic carbocycles. The third-order valence-corrected chi connectivity index (χ3v) is 4.23. The van der Waals surface area contributed by atoms with E-state index in [1.165, 1.54) is 17.7 Å². The van der Waals surface area contributed by atoms with Crippen LogP contribution >= 0.6 is 0 Å². The zero-order chi connectivity index (χ0) is 14.8. The van der Waals surface area contributed by atoms with Gasteiger partial charge in [-0.15, -0.1) is 0 Å². The van der Waals surface area contributed by atoms with Crippen LogP contribution in [0.2, 0.25) is 0 Å². The molecule has 2 aromatic heterocycles. The molecule has 112 valence electrons. The van der Waals surface area contributed by atoms with Crippen molar-refractivity contribution < 1.29 is 0 Å². The standard InChI is InChI=1S/C16H23N5/c1-12-15(11-20-9-5-6-14(17)10-20)13(2)21(19-12)16-7-3-4-8-18-16/h3-4,7-8,14H,5-6,9-11,17H2,1-2H3. The van der Waals surface area contributed by atoms with Crippen molar-refractivity contribution in [2.75, 3.05) is 13.1 Å². The van der Waals surface area contributed by atoms with E-state index >= 15 is 0 Å². The average molecular weight is 285 g/mol. The second kappa shape index (κ2) is 5.95. The van der Waals surface area contributed by atoms with Crippen LogP contribution < -0.4 is 5.73 Å². The van der Waals surface area contributed by atoms with E-state index in [9.17, 15) is 0 Å². The number of hydrogen-bond acceptors (Lipinski definition) is 4. The molecule has 0 spiro atoms. The van der Waals surface area contributed by atoms with Crippen LogP contribution in [0.1, 0.15) is 29.8 Å². The van der Waals surface area contributed by atoms with Crippen molar-refractivity contribution in [3.05, 3.63) is 41.3 Å². The molecule has 3 rings (SSSR count).